The lowest BCUT2D eigenvalue weighted by atomic mass is 9.87. The number of hydrogen-bond donors (Lipinski definition) is 4. The van der Waals surface area contributed by atoms with Crippen LogP contribution < -0.4 is 16.3 Å². The van der Waals surface area contributed by atoms with E-state index in [1.807, 2.05) is 24.3 Å². The molecule has 31 heavy (non-hydrogen) atoms. The molecule has 162 valence electrons. The number of benzene rings is 2. The molecular formula is C23H27N5O3. The Labute approximate surface area is 180 Å². The second-order valence-electron chi connectivity index (χ2n) is 8.94. The topological polar surface area (TPSA) is 110 Å². The van der Waals surface area contributed by atoms with Gasteiger partial charge in [-0.1, -0.05) is 32.9 Å². The minimum absolute atomic E-state index is 0.0388. The van der Waals surface area contributed by atoms with Crippen molar-refractivity contribution in [3.63, 3.8) is 0 Å². The zero-order valence-corrected chi connectivity index (χ0v) is 17.9. The van der Waals surface area contributed by atoms with Crippen molar-refractivity contribution in [2.24, 2.45) is 0 Å². The summed E-state index contributed by atoms with van der Waals surface area (Å²) < 4.78 is 0. The fourth-order valence-electron chi connectivity index (χ4n) is 3.87. The largest absolute Gasteiger partial charge is 0.324 e. The summed E-state index contributed by atoms with van der Waals surface area (Å²) in [4.78, 5) is 44.0. The van der Waals surface area contributed by atoms with Crippen molar-refractivity contribution < 1.29 is 9.59 Å². The number of anilines is 2. The monoisotopic (exact) mass is 421 g/mol. The molecule has 4 rings (SSSR count). The predicted octanol–water partition coefficient (Wildman–Crippen LogP) is 3.79. The molecule has 0 unspecified atom stereocenters. The van der Waals surface area contributed by atoms with E-state index >= 15 is 0 Å². The van der Waals surface area contributed by atoms with E-state index < -0.39 is 6.04 Å². The third-order valence-corrected chi connectivity index (χ3v) is 5.60. The second-order valence-corrected chi connectivity index (χ2v) is 8.94. The van der Waals surface area contributed by atoms with Gasteiger partial charge in [-0.3, -0.25) is 4.79 Å². The normalized spacial score (nSPS) is 16.5. The first kappa shape index (κ1) is 20.7. The minimum atomic E-state index is -0.546. The lowest BCUT2D eigenvalue weighted by Gasteiger charge is -2.24. The molecule has 4 N–H and O–H groups in total. The number of urea groups is 1. The summed E-state index contributed by atoms with van der Waals surface area (Å²) in [5.74, 6) is -0.243. The summed E-state index contributed by atoms with van der Waals surface area (Å²) in [5, 5.41) is 5.76. The number of hydrogen-bond acceptors (Lipinski definition) is 3. The summed E-state index contributed by atoms with van der Waals surface area (Å²) >= 11 is 0. The molecule has 3 amide bonds. The Balaban J connectivity index is 1.43. The van der Waals surface area contributed by atoms with Gasteiger partial charge in [0, 0.05) is 17.9 Å². The van der Waals surface area contributed by atoms with Crippen LogP contribution in [0.2, 0.25) is 0 Å². The summed E-state index contributed by atoms with van der Waals surface area (Å²) in [5.41, 5.74) is 3.47. The molecule has 0 aliphatic carbocycles. The van der Waals surface area contributed by atoms with Crippen LogP contribution in [0.4, 0.5) is 16.2 Å². The van der Waals surface area contributed by atoms with Crippen LogP contribution in [-0.2, 0) is 10.2 Å². The number of fused-ring (bicyclic) bond motifs is 1. The van der Waals surface area contributed by atoms with Crippen molar-refractivity contribution in [1.29, 1.82) is 0 Å². The lowest BCUT2D eigenvalue weighted by Crippen LogP contribution is -2.45. The van der Waals surface area contributed by atoms with E-state index in [1.54, 1.807) is 23.1 Å². The number of amides is 3. The Morgan fingerprint density at radius 2 is 1.65 bits per heavy atom. The Bertz CT molecular complexity index is 1170. The van der Waals surface area contributed by atoms with E-state index in [2.05, 4.69) is 41.4 Å². The standard InChI is InChI=1S/C23H27N5O3/c1-23(2,3)14-6-8-15(9-7-14)25-22(31)28-12-4-5-19(28)20(29)24-16-10-11-17-18(13-16)27-21(30)26-17/h6-11,13,19H,4-5,12H2,1-3H3,(H,24,29)(H,25,31)(H2,26,27,30)/t19-/m0/s1. The molecule has 8 nitrogen and oxygen atoms in total. The molecule has 1 atom stereocenters. The van der Waals surface area contributed by atoms with Crippen LogP contribution in [0.15, 0.2) is 47.3 Å². The fraction of sp³-hybridized carbons (Fsp3) is 0.348. The number of likely N-dealkylation sites (tertiary alicyclic amines) is 1. The second kappa shape index (κ2) is 7.94. The van der Waals surface area contributed by atoms with E-state index in [-0.39, 0.29) is 23.0 Å². The predicted molar refractivity (Wildman–Crippen MR) is 121 cm³/mol. The summed E-state index contributed by atoms with van der Waals surface area (Å²) in [6.07, 6.45) is 1.37. The van der Waals surface area contributed by atoms with Crippen LogP contribution in [0.25, 0.3) is 11.0 Å². The van der Waals surface area contributed by atoms with Gasteiger partial charge in [-0.25, -0.2) is 9.59 Å². The number of nitrogens with zero attached hydrogens (tertiary/aromatic N) is 1. The van der Waals surface area contributed by atoms with Gasteiger partial charge >= 0.3 is 11.7 Å². The van der Waals surface area contributed by atoms with E-state index in [9.17, 15) is 14.4 Å². The summed E-state index contributed by atoms with van der Waals surface area (Å²) in [6.45, 7) is 6.94. The highest BCUT2D eigenvalue weighted by Gasteiger charge is 2.34. The average Bonchev–Trinajstić information content (AvgIpc) is 3.33. The number of H-pyrrole nitrogens is 2. The molecule has 1 saturated heterocycles. The van der Waals surface area contributed by atoms with E-state index in [0.717, 1.165) is 6.42 Å². The van der Waals surface area contributed by atoms with Crippen LogP contribution in [0.1, 0.15) is 39.2 Å². The Morgan fingerprint density at radius 1 is 0.968 bits per heavy atom. The first-order valence-electron chi connectivity index (χ1n) is 10.4. The molecule has 1 aliphatic heterocycles. The van der Waals surface area contributed by atoms with Crippen molar-refractivity contribution in [3.8, 4) is 0 Å². The number of carbonyl (C=O) groups is 2. The Morgan fingerprint density at radius 3 is 2.35 bits per heavy atom. The van der Waals surface area contributed by atoms with Crippen LogP contribution in [0, 0.1) is 0 Å². The molecule has 1 aromatic heterocycles. The van der Waals surface area contributed by atoms with Crippen molar-refractivity contribution in [3.05, 3.63) is 58.5 Å². The van der Waals surface area contributed by atoms with Crippen LogP contribution in [0.5, 0.6) is 0 Å². The Kier molecular flexibility index (Phi) is 5.31. The molecule has 0 saturated carbocycles. The minimum Gasteiger partial charge on any atom is -0.324 e. The number of aromatic nitrogens is 2. The van der Waals surface area contributed by atoms with Gasteiger partial charge in [0.15, 0.2) is 0 Å². The highest BCUT2D eigenvalue weighted by Crippen LogP contribution is 2.25. The number of imidazole rings is 1. The van der Waals surface area contributed by atoms with Crippen LogP contribution >= 0.6 is 0 Å². The van der Waals surface area contributed by atoms with Crippen molar-refractivity contribution in [2.75, 3.05) is 17.2 Å². The SMILES string of the molecule is CC(C)(C)c1ccc(NC(=O)N2CCC[C@H]2C(=O)Nc2ccc3[nH]c(=O)[nH]c3c2)cc1. The van der Waals surface area contributed by atoms with E-state index in [0.29, 0.717) is 35.4 Å². The summed E-state index contributed by atoms with van der Waals surface area (Å²) in [7, 11) is 0. The number of carbonyl (C=O) groups excluding carboxylic acids is 2. The van der Waals surface area contributed by atoms with Gasteiger partial charge in [-0.05, 0) is 54.2 Å². The highest BCUT2D eigenvalue weighted by atomic mass is 16.2. The molecular weight excluding hydrogens is 394 g/mol. The van der Waals surface area contributed by atoms with Gasteiger partial charge in [0.2, 0.25) is 5.91 Å². The van der Waals surface area contributed by atoms with E-state index in [4.69, 9.17) is 0 Å². The molecule has 8 heteroatoms. The summed E-state index contributed by atoms with van der Waals surface area (Å²) in [6, 6.07) is 12.1. The fourth-order valence-corrected chi connectivity index (χ4v) is 3.87. The average molecular weight is 422 g/mol. The first-order valence-corrected chi connectivity index (χ1v) is 10.4. The molecule has 0 spiro atoms. The van der Waals surface area contributed by atoms with Gasteiger partial charge in [-0.15, -0.1) is 0 Å². The van der Waals surface area contributed by atoms with E-state index in [1.165, 1.54) is 5.56 Å². The van der Waals surface area contributed by atoms with Crippen LogP contribution in [0.3, 0.4) is 0 Å². The molecule has 1 fully saturated rings. The molecule has 2 heterocycles. The molecule has 2 aromatic carbocycles. The molecule has 0 radical (unpaired) electrons. The third kappa shape index (κ3) is 4.47. The van der Waals surface area contributed by atoms with Gasteiger partial charge in [0.05, 0.1) is 11.0 Å². The van der Waals surface area contributed by atoms with Gasteiger partial charge in [-0.2, -0.15) is 0 Å². The zero-order chi connectivity index (χ0) is 22.2. The lowest BCUT2D eigenvalue weighted by molar-refractivity contribution is -0.119. The van der Waals surface area contributed by atoms with Crippen molar-refractivity contribution in [2.45, 2.75) is 45.1 Å². The Hall–Kier alpha value is -3.55. The maximum absolute atomic E-state index is 12.9. The number of rotatable bonds is 3. The maximum atomic E-state index is 12.9. The molecule has 0 bridgehead atoms. The first-order chi connectivity index (χ1) is 14.7. The van der Waals surface area contributed by atoms with Crippen LogP contribution in [-0.4, -0.2) is 39.4 Å². The maximum Gasteiger partial charge on any atom is 0.323 e. The zero-order valence-electron chi connectivity index (χ0n) is 17.9. The smallest absolute Gasteiger partial charge is 0.323 e. The number of aromatic amines is 2. The third-order valence-electron chi connectivity index (χ3n) is 5.60. The molecule has 1 aliphatic rings. The molecule has 3 aromatic rings. The highest BCUT2D eigenvalue weighted by molar-refractivity contribution is 6.00. The van der Waals surface area contributed by atoms with Crippen molar-refractivity contribution in [1.82, 2.24) is 14.9 Å². The van der Waals surface area contributed by atoms with Crippen molar-refractivity contribution >= 4 is 34.3 Å². The number of nitrogens with one attached hydrogen (secondary N) is 4. The van der Waals surface area contributed by atoms with Gasteiger partial charge in [0.1, 0.15) is 6.04 Å². The van der Waals surface area contributed by atoms with Gasteiger partial charge in [0.25, 0.3) is 0 Å². The quantitative estimate of drug-likeness (QED) is 0.516. The van der Waals surface area contributed by atoms with Gasteiger partial charge < -0.3 is 25.5 Å².